The Morgan fingerprint density at radius 2 is 0.841 bits per heavy atom. The second-order valence-corrected chi connectivity index (χ2v) is 14.3. The van der Waals surface area contributed by atoms with Crippen LogP contribution in [0.4, 0.5) is 0 Å². The Morgan fingerprint density at radius 1 is 0.477 bits per heavy atom. The first kappa shape index (κ1) is 31.0. The Labute approximate surface area is 258 Å². The highest BCUT2D eigenvalue weighted by Crippen LogP contribution is 2.34. The van der Waals surface area contributed by atoms with E-state index in [2.05, 4.69) is 30.2 Å². The molecule has 0 aromatic heterocycles. The van der Waals surface area contributed by atoms with Gasteiger partial charge in [-0.15, -0.1) is 0 Å². The second-order valence-electron chi connectivity index (χ2n) is 10.6. The van der Waals surface area contributed by atoms with Crippen molar-refractivity contribution >= 4 is 20.0 Å². The molecule has 0 radical (unpaired) electrons. The number of ether oxygens (including phenoxy) is 2. The van der Waals surface area contributed by atoms with Crippen LogP contribution in [0.15, 0.2) is 136 Å². The lowest BCUT2D eigenvalue weighted by atomic mass is 9.78. The van der Waals surface area contributed by atoms with Gasteiger partial charge in [-0.05, 0) is 95.1 Å². The van der Waals surface area contributed by atoms with Gasteiger partial charge in [-0.25, -0.2) is 8.42 Å². The summed E-state index contributed by atoms with van der Waals surface area (Å²) in [5, 5.41) is 0. The summed E-state index contributed by atoms with van der Waals surface area (Å²) in [5.74, 6) is 1.96. The molecule has 0 aliphatic carbocycles. The van der Waals surface area contributed by atoms with Gasteiger partial charge in [-0.1, -0.05) is 62.4 Å². The minimum Gasteiger partial charge on any atom is -0.497 e. The summed E-state index contributed by atoms with van der Waals surface area (Å²) in [5.41, 5.74) is 3.54. The third-order valence-corrected chi connectivity index (χ3v) is 10.7. The molecule has 5 aromatic carbocycles. The Balaban J connectivity index is 1.26. The number of benzene rings is 5. The lowest BCUT2D eigenvalue weighted by molar-refractivity contribution is 0.398. The molecule has 0 unspecified atom stereocenters. The molecule has 0 saturated heterocycles. The third-order valence-electron chi connectivity index (χ3n) is 7.62. The molecular weight excluding hydrogens is 597 g/mol. The van der Waals surface area contributed by atoms with E-state index >= 15 is 0 Å². The number of hydrogen-bond donors (Lipinski definition) is 0. The zero-order chi connectivity index (χ0) is 31.5. The van der Waals surface area contributed by atoms with E-state index in [0.717, 1.165) is 35.1 Å². The molecule has 5 rings (SSSR count). The van der Waals surface area contributed by atoms with Gasteiger partial charge in [-0.2, -0.15) is 8.42 Å². The predicted octanol–water partition coefficient (Wildman–Crippen LogP) is 7.65. The smallest absolute Gasteiger partial charge is 0.296 e. The van der Waals surface area contributed by atoms with Crippen molar-refractivity contribution in [1.29, 1.82) is 0 Å². The fourth-order valence-electron chi connectivity index (χ4n) is 4.81. The normalized spacial score (nSPS) is 12.1. The number of hydrogen-bond acceptors (Lipinski definition) is 7. The zero-order valence-electron chi connectivity index (χ0n) is 24.7. The SMILES string of the molecule is COc1ccc(C(C)(C)c2ccc(Oc3ccc(S(=O)(=O)c4ccc(-c5ccc(S(=O)(=O)OC)cc5)cc4)cc3)cc2)cc1. The first-order valence-electron chi connectivity index (χ1n) is 13.7. The molecule has 0 heterocycles. The van der Waals surface area contributed by atoms with E-state index in [1.165, 1.54) is 36.4 Å². The van der Waals surface area contributed by atoms with Crippen molar-refractivity contribution in [2.45, 2.75) is 33.9 Å². The van der Waals surface area contributed by atoms with Gasteiger partial charge < -0.3 is 9.47 Å². The topological polar surface area (TPSA) is 96.0 Å². The number of sulfone groups is 1. The van der Waals surface area contributed by atoms with Gasteiger partial charge in [0, 0.05) is 5.41 Å². The summed E-state index contributed by atoms with van der Waals surface area (Å²) in [7, 11) is -4.80. The maximum atomic E-state index is 13.3. The van der Waals surface area contributed by atoms with Crippen LogP contribution in [0.2, 0.25) is 0 Å². The average Bonchev–Trinajstić information content (AvgIpc) is 3.05. The molecule has 5 aromatic rings. The molecule has 0 atom stereocenters. The Morgan fingerprint density at radius 3 is 1.25 bits per heavy atom. The van der Waals surface area contributed by atoms with E-state index in [-0.39, 0.29) is 20.1 Å². The van der Waals surface area contributed by atoms with Crippen LogP contribution >= 0.6 is 0 Å². The standard InChI is InChI=1S/C35H32O7S2/c1-35(2,27-9-13-29(40-3)14-10-27)28-11-15-30(16-12-28)42-31-17-23-33(24-18-31)43(36,37)32-19-5-25(6-20-32)26-7-21-34(22-8-26)44(38,39)41-4/h5-24H,1-4H3. The van der Waals surface area contributed by atoms with E-state index < -0.39 is 20.0 Å². The minimum absolute atomic E-state index is 0.0427. The summed E-state index contributed by atoms with van der Waals surface area (Å²) >= 11 is 0. The Bertz CT molecular complexity index is 1950. The van der Waals surface area contributed by atoms with Crippen LogP contribution in [0.5, 0.6) is 17.2 Å². The van der Waals surface area contributed by atoms with Gasteiger partial charge in [0.2, 0.25) is 9.84 Å². The third kappa shape index (κ3) is 6.40. The number of methoxy groups -OCH3 is 1. The zero-order valence-corrected chi connectivity index (χ0v) is 26.4. The molecule has 0 amide bonds. The summed E-state index contributed by atoms with van der Waals surface area (Å²) < 4.78 is 66.1. The van der Waals surface area contributed by atoms with Crippen LogP contribution in [0, 0.1) is 0 Å². The van der Waals surface area contributed by atoms with Gasteiger partial charge in [0.05, 0.1) is 28.9 Å². The minimum atomic E-state index is -3.79. The summed E-state index contributed by atoms with van der Waals surface area (Å²) in [6, 6.07) is 34.8. The van der Waals surface area contributed by atoms with Crippen LogP contribution in [-0.2, 0) is 29.6 Å². The van der Waals surface area contributed by atoms with Gasteiger partial charge in [0.25, 0.3) is 10.1 Å². The molecule has 0 aliphatic heterocycles. The largest absolute Gasteiger partial charge is 0.497 e. The lowest BCUT2D eigenvalue weighted by Crippen LogP contribution is -2.18. The van der Waals surface area contributed by atoms with Gasteiger partial charge in [0.15, 0.2) is 0 Å². The first-order chi connectivity index (χ1) is 20.9. The summed E-state index contributed by atoms with van der Waals surface area (Å²) in [4.78, 5) is 0.327. The van der Waals surface area contributed by atoms with E-state index in [1.54, 1.807) is 43.5 Å². The van der Waals surface area contributed by atoms with Crippen molar-refractivity contribution in [1.82, 2.24) is 0 Å². The maximum absolute atomic E-state index is 13.3. The van der Waals surface area contributed by atoms with Crippen molar-refractivity contribution in [3.05, 3.63) is 132 Å². The second kappa shape index (κ2) is 12.3. The predicted molar refractivity (Wildman–Crippen MR) is 170 cm³/mol. The molecule has 0 fully saturated rings. The molecule has 0 saturated carbocycles. The molecule has 44 heavy (non-hydrogen) atoms. The van der Waals surface area contributed by atoms with Gasteiger partial charge in [-0.3, -0.25) is 4.18 Å². The van der Waals surface area contributed by atoms with E-state index in [9.17, 15) is 16.8 Å². The molecule has 9 heteroatoms. The fraction of sp³-hybridized carbons (Fsp3) is 0.143. The summed E-state index contributed by atoms with van der Waals surface area (Å²) in [6.45, 7) is 4.32. The quantitative estimate of drug-likeness (QED) is 0.147. The Kier molecular flexibility index (Phi) is 8.65. The molecule has 0 N–H and O–H groups in total. The van der Waals surface area contributed by atoms with Crippen LogP contribution in [0.25, 0.3) is 11.1 Å². The van der Waals surface area contributed by atoms with Crippen LogP contribution < -0.4 is 9.47 Å². The van der Waals surface area contributed by atoms with Crippen molar-refractivity contribution in [2.75, 3.05) is 14.2 Å². The fourth-order valence-corrected chi connectivity index (χ4v) is 6.73. The van der Waals surface area contributed by atoms with Crippen molar-refractivity contribution in [2.24, 2.45) is 0 Å². The Hall–Kier alpha value is -4.44. The van der Waals surface area contributed by atoms with Crippen molar-refractivity contribution < 1.29 is 30.5 Å². The molecule has 7 nitrogen and oxygen atoms in total. The van der Waals surface area contributed by atoms with Gasteiger partial charge in [0.1, 0.15) is 17.2 Å². The van der Waals surface area contributed by atoms with E-state index in [0.29, 0.717) is 11.5 Å². The first-order valence-corrected chi connectivity index (χ1v) is 16.6. The van der Waals surface area contributed by atoms with Crippen LogP contribution in [0.1, 0.15) is 25.0 Å². The highest BCUT2D eigenvalue weighted by Gasteiger charge is 2.23. The maximum Gasteiger partial charge on any atom is 0.296 e. The monoisotopic (exact) mass is 628 g/mol. The molecule has 226 valence electrons. The molecule has 0 bridgehead atoms. The van der Waals surface area contributed by atoms with E-state index in [1.807, 2.05) is 36.4 Å². The van der Waals surface area contributed by atoms with Gasteiger partial charge >= 0.3 is 0 Å². The molecule has 0 spiro atoms. The van der Waals surface area contributed by atoms with Crippen molar-refractivity contribution in [3.8, 4) is 28.4 Å². The highest BCUT2D eigenvalue weighted by molar-refractivity contribution is 7.91. The van der Waals surface area contributed by atoms with E-state index in [4.69, 9.17) is 9.47 Å². The molecule has 0 aliphatic rings. The van der Waals surface area contributed by atoms with Crippen LogP contribution in [-0.4, -0.2) is 31.1 Å². The lowest BCUT2D eigenvalue weighted by Gasteiger charge is -2.26. The molecular formula is C35H32O7S2. The number of rotatable bonds is 10. The average molecular weight is 629 g/mol. The summed E-state index contributed by atoms with van der Waals surface area (Å²) in [6.07, 6.45) is 0. The van der Waals surface area contributed by atoms with Crippen LogP contribution in [0.3, 0.4) is 0 Å². The highest BCUT2D eigenvalue weighted by atomic mass is 32.2. The van der Waals surface area contributed by atoms with Crippen molar-refractivity contribution in [3.63, 3.8) is 0 Å².